The van der Waals surface area contributed by atoms with Crippen molar-refractivity contribution >= 4 is 0 Å². The Morgan fingerprint density at radius 3 is 2.21 bits per heavy atom. The van der Waals surface area contributed by atoms with E-state index in [-0.39, 0.29) is 6.04 Å². The van der Waals surface area contributed by atoms with Crippen LogP contribution in [0.25, 0.3) is 0 Å². The number of aryl methyl sites for hydroxylation is 1. The third-order valence-corrected chi connectivity index (χ3v) is 3.57. The number of nitrogens with two attached hydrogens (primary N) is 1. The van der Waals surface area contributed by atoms with Crippen molar-refractivity contribution in [3.8, 4) is 0 Å². The molecule has 0 spiro atoms. The minimum absolute atomic E-state index is 0.0739. The van der Waals surface area contributed by atoms with Gasteiger partial charge in [-0.1, -0.05) is 67.9 Å². The summed E-state index contributed by atoms with van der Waals surface area (Å²) in [5.41, 5.74) is 11.5. The van der Waals surface area contributed by atoms with Crippen molar-refractivity contribution in [1.82, 2.24) is 0 Å². The second-order valence-electron chi connectivity index (χ2n) is 5.62. The van der Waals surface area contributed by atoms with Gasteiger partial charge in [-0.3, -0.25) is 0 Å². The topological polar surface area (TPSA) is 26.0 Å². The first-order valence-electron chi connectivity index (χ1n) is 6.97. The van der Waals surface area contributed by atoms with Gasteiger partial charge in [-0.05, 0) is 36.0 Å². The second-order valence-corrected chi connectivity index (χ2v) is 5.62. The normalized spacial score (nSPS) is 12.7. The highest BCUT2D eigenvalue weighted by atomic mass is 14.6. The molecule has 1 heteroatoms. The molecule has 0 heterocycles. The Labute approximate surface area is 116 Å². The summed E-state index contributed by atoms with van der Waals surface area (Å²) in [4.78, 5) is 0. The van der Waals surface area contributed by atoms with Gasteiger partial charge in [-0.25, -0.2) is 0 Å². The van der Waals surface area contributed by atoms with Crippen molar-refractivity contribution < 1.29 is 0 Å². The zero-order valence-corrected chi connectivity index (χ0v) is 12.1. The number of hydrogen-bond acceptors (Lipinski definition) is 1. The zero-order valence-electron chi connectivity index (χ0n) is 12.1. The first-order valence-corrected chi connectivity index (χ1v) is 6.97. The molecule has 1 unspecified atom stereocenters. The highest BCUT2D eigenvalue weighted by Gasteiger charge is 2.07. The standard InChI is InChI=1S/C18H23N/c1-13(2)16-9-7-15(8-10-16)12-18(19)17-6-4-5-14(3)11-17/h4-11,13,18H,12,19H2,1-3H3. The van der Waals surface area contributed by atoms with E-state index >= 15 is 0 Å². The molecule has 0 aromatic heterocycles. The third kappa shape index (κ3) is 3.68. The predicted molar refractivity (Wildman–Crippen MR) is 82.3 cm³/mol. The van der Waals surface area contributed by atoms with E-state index in [1.54, 1.807) is 0 Å². The first kappa shape index (κ1) is 13.8. The molecule has 1 nitrogen and oxygen atoms in total. The monoisotopic (exact) mass is 253 g/mol. The van der Waals surface area contributed by atoms with Gasteiger partial charge in [-0.15, -0.1) is 0 Å². The zero-order chi connectivity index (χ0) is 13.8. The van der Waals surface area contributed by atoms with E-state index in [1.165, 1.54) is 22.3 Å². The van der Waals surface area contributed by atoms with Crippen molar-refractivity contribution in [2.24, 2.45) is 5.73 Å². The molecule has 0 aliphatic rings. The van der Waals surface area contributed by atoms with Gasteiger partial charge in [0.2, 0.25) is 0 Å². The van der Waals surface area contributed by atoms with E-state index in [0.29, 0.717) is 5.92 Å². The highest BCUT2D eigenvalue weighted by Crippen LogP contribution is 2.19. The first-order chi connectivity index (χ1) is 9.06. The van der Waals surface area contributed by atoms with Gasteiger partial charge in [0.05, 0.1) is 0 Å². The SMILES string of the molecule is Cc1cccc(C(N)Cc2ccc(C(C)C)cc2)c1. The van der Waals surface area contributed by atoms with Crippen LogP contribution >= 0.6 is 0 Å². The molecular formula is C18H23N. The molecule has 19 heavy (non-hydrogen) atoms. The molecule has 0 amide bonds. The van der Waals surface area contributed by atoms with Crippen LogP contribution in [0.15, 0.2) is 48.5 Å². The lowest BCUT2D eigenvalue weighted by Crippen LogP contribution is -2.13. The smallest absolute Gasteiger partial charge is 0.0335 e. The molecule has 0 saturated heterocycles. The molecule has 2 aromatic carbocycles. The van der Waals surface area contributed by atoms with Crippen LogP contribution in [0.2, 0.25) is 0 Å². The Balaban J connectivity index is 2.08. The highest BCUT2D eigenvalue weighted by molar-refractivity contribution is 5.29. The molecule has 0 fully saturated rings. The molecule has 1 atom stereocenters. The van der Waals surface area contributed by atoms with Crippen molar-refractivity contribution in [2.75, 3.05) is 0 Å². The van der Waals surface area contributed by atoms with Crippen LogP contribution in [0.1, 0.15) is 48.1 Å². The lowest BCUT2D eigenvalue weighted by molar-refractivity contribution is 0.720. The average molecular weight is 253 g/mol. The van der Waals surface area contributed by atoms with Crippen molar-refractivity contribution in [3.05, 3.63) is 70.8 Å². The second kappa shape index (κ2) is 6.03. The fourth-order valence-electron chi connectivity index (χ4n) is 2.31. The van der Waals surface area contributed by atoms with Crippen molar-refractivity contribution in [2.45, 2.75) is 39.2 Å². The summed E-state index contributed by atoms with van der Waals surface area (Å²) in [6.07, 6.45) is 0.891. The van der Waals surface area contributed by atoms with Gasteiger partial charge < -0.3 is 5.73 Å². The van der Waals surface area contributed by atoms with Crippen molar-refractivity contribution in [3.63, 3.8) is 0 Å². The predicted octanol–water partition coefficient (Wildman–Crippen LogP) is 4.36. The van der Waals surface area contributed by atoms with Gasteiger partial charge in [-0.2, -0.15) is 0 Å². The average Bonchev–Trinajstić information content (AvgIpc) is 2.39. The quantitative estimate of drug-likeness (QED) is 0.860. The number of benzene rings is 2. The van der Waals surface area contributed by atoms with E-state index < -0.39 is 0 Å². The van der Waals surface area contributed by atoms with Gasteiger partial charge in [0.25, 0.3) is 0 Å². The van der Waals surface area contributed by atoms with Gasteiger partial charge in [0.15, 0.2) is 0 Å². The van der Waals surface area contributed by atoms with Crippen LogP contribution in [0.5, 0.6) is 0 Å². The van der Waals surface area contributed by atoms with E-state index in [4.69, 9.17) is 5.73 Å². The minimum atomic E-state index is 0.0739. The Morgan fingerprint density at radius 1 is 0.947 bits per heavy atom. The van der Waals surface area contributed by atoms with Gasteiger partial charge >= 0.3 is 0 Å². The van der Waals surface area contributed by atoms with Crippen molar-refractivity contribution in [1.29, 1.82) is 0 Å². The summed E-state index contributed by atoms with van der Waals surface area (Å²) < 4.78 is 0. The molecule has 2 aromatic rings. The van der Waals surface area contributed by atoms with Gasteiger partial charge in [0, 0.05) is 6.04 Å². The molecule has 0 aliphatic carbocycles. The largest absolute Gasteiger partial charge is 0.324 e. The summed E-state index contributed by atoms with van der Waals surface area (Å²) in [6, 6.07) is 17.4. The molecule has 2 N–H and O–H groups in total. The van der Waals surface area contributed by atoms with Crippen LogP contribution in [0.3, 0.4) is 0 Å². The summed E-state index contributed by atoms with van der Waals surface area (Å²) in [6.45, 7) is 6.54. The third-order valence-electron chi connectivity index (χ3n) is 3.57. The molecular weight excluding hydrogens is 230 g/mol. The fraction of sp³-hybridized carbons (Fsp3) is 0.333. The summed E-state index contributed by atoms with van der Waals surface area (Å²) in [7, 11) is 0. The maximum atomic E-state index is 6.29. The maximum Gasteiger partial charge on any atom is 0.0335 e. The Kier molecular flexibility index (Phi) is 4.39. The molecule has 2 rings (SSSR count). The van der Waals surface area contributed by atoms with E-state index in [2.05, 4.69) is 69.3 Å². The molecule has 0 aliphatic heterocycles. The summed E-state index contributed by atoms with van der Waals surface area (Å²) >= 11 is 0. The van der Waals surface area contributed by atoms with E-state index in [9.17, 15) is 0 Å². The Bertz CT molecular complexity index is 526. The van der Waals surface area contributed by atoms with Gasteiger partial charge in [0.1, 0.15) is 0 Å². The van der Waals surface area contributed by atoms with E-state index in [0.717, 1.165) is 6.42 Å². The maximum absolute atomic E-state index is 6.29. The Hall–Kier alpha value is -1.60. The van der Waals surface area contributed by atoms with Crippen LogP contribution in [0.4, 0.5) is 0 Å². The summed E-state index contributed by atoms with van der Waals surface area (Å²) in [5.74, 6) is 0.583. The fourth-order valence-corrected chi connectivity index (χ4v) is 2.31. The molecule has 0 radical (unpaired) electrons. The molecule has 0 saturated carbocycles. The summed E-state index contributed by atoms with van der Waals surface area (Å²) in [5, 5.41) is 0. The molecule has 0 bridgehead atoms. The lowest BCUT2D eigenvalue weighted by atomic mass is 9.96. The van der Waals surface area contributed by atoms with Crippen LogP contribution in [-0.2, 0) is 6.42 Å². The van der Waals surface area contributed by atoms with Crippen LogP contribution in [-0.4, -0.2) is 0 Å². The Morgan fingerprint density at radius 2 is 1.63 bits per heavy atom. The number of hydrogen-bond donors (Lipinski definition) is 1. The lowest BCUT2D eigenvalue weighted by Gasteiger charge is -2.14. The van der Waals surface area contributed by atoms with Crippen LogP contribution < -0.4 is 5.73 Å². The minimum Gasteiger partial charge on any atom is -0.324 e. The molecule has 100 valence electrons. The van der Waals surface area contributed by atoms with E-state index in [1.807, 2.05) is 0 Å². The van der Waals surface area contributed by atoms with Crippen LogP contribution in [0, 0.1) is 6.92 Å². The number of rotatable bonds is 4.